The van der Waals surface area contributed by atoms with E-state index in [1.165, 1.54) is 54.3 Å². The Bertz CT molecular complexity index is 1540. The molecule has 10 heteroatoms. The molecule has 8 nitrogen and oxygen atoms in total. The third kappa shape index (κ3) is 5.30. The SMILES string of the molecule is CCCc1nc(O)c(S(=O)(=O)c2ccc(-c3ccc(F)nc3)cc2)c(=O)n1[C@@H](COC)c1ccccc1. The summed E-state index contributed by atoms with van der Waals surface area (Å²) in [6, 6.07) is 16.8. The summed E-state index contributed by atoms with van der Waals surface area (Å²) in [4.78, 5) is 20.6. The van der Waals surface area contributed by atoms with Crippen LogP contribution in [0.5, 0.6) is 5.88 Å². The van der Waals surface area contributed by atoms with E-state index in [2.05, 4.69) is 9.97 Å². The van der Waals surface area contributed by atoms with Gasteiger partial charge in [-0.05, 0) is 41.8 Å². The van der Waals surface area contributed by atoms with Gasteiger partial charge in [-0.2, -0.15) is 9.37 Å². The van der Waals surface area contributed by atoms with Crippen LogP contribution in [0.25, 0.3) is 11.1 Å². The van der Waals surface area contributed by atoms with Gasteiger partial charge in [-0.15, -0.1) is 0 Å². The number of benzene rings is 2. The van der Waals surface area contributed by atoms with E-state index in [4.69, 9.17) is 4.74 Å². The fourth-order valence-corrected chi connectivity index (χ4v) is 5.49. The molecule has 0 fully saturated rings. The average Bonchev–Trinajstić information content (AvgIpc) is 2.89. The molecule has 0 aliphatic rings. The zero-order valence-electron chi connectivity index (χ0n) is 20.3. The molecular weight excluding hydrogens is 497 g/mol. The van der Waals surface area contributed by atoms with E-state index in [1.807, 2.05) is 37.3 Å². The number of hydrogen-bond acceptors (Lipinski definition) is 7. The molecule has 1 N–H and O–H groups in total. The predicted octanol–water partition coefficient (Wildman–Crippen LogP) is 4.17. The summed E-state index contributed by atoms with van der Waals surface area (Å²) in [5, 5.41) is 10.7. The van der Waals surface area contributed by atoms with Gasteiger partial charge >= 0.3 is 0 Å². The third-order valence-corrected chi connectivity index (χ3v) is 7.70. The molecule has 4 rings (SSSR count). The fourth-order valence-electron chi connectivity index (χ4n) is 4.15. The third-order valence-electron chi connectivity index (χ3n) is 5.92. The molecule has 0 saturated carbocycles. The summed E-state index contributed by atoms with van der Waals surface area (Å²) >= 11 is 0. The monoisotopic (exact) mass is 523 g/mol. The Morgan fingerprint density at radius 3 is 2.30 bits per heavy atom. The Morgan fingerprint density at radius 1 is 1.03 bits per heavy atom. The van der Waals surface area contributed by atoms with Crippen LogP contribution in [-0.2, 0) is 21.0 Å². The summed E-state index contributed by atoms with van der Waals surface area (Å²) in [5.41, 5.74) is 1.05. The Kier molecular flexibility index (Phi) is 7.80. The molecule has 0 aliphatic heterocycles. The molecule has 37 heavy (non-hydrogen) atoms. The van der Waals surface area contributed by atoms with Crippen LogP contribution in [0.1, 0.15) is 30.8 Å². The van der Waals surface area contributed by atoms with Crippen LogP contribution in [0.3, 0.4) is 0 Å². The maximum absolute atomic E-state index is 13.8. The van der Waals surface area contributed by atoms with Gasteiger partial charge in [-0.1, -0.05) is 49.4 Å². The van der Waals surface area contributed by atoms with Crippen molar-refractivity contribution in [2.75, 3.05) is 13.7 Å². The molecule has 0 radical (unpaired) electrons. The van der Waals surface area contributed by atoms with Crippen molar-refractivity contribution in [1.82, 2.24) is 14.5 Å². The first-order valence-corrected chi connectivity index (χ1v) is 13.1. The van der Waals surface area contributed by atoms with Crippen molar-refractivity contribution >= 4 is 9.84 Å². The Morgan fingerprint density at radius 2 is 1.70 bits per heavy atom. The number of aromatic nitrogens is 3. The second-order valence-corrected chi connectivity index (χ2v) is 10.3. The minimum Gasteiger partial charge on any atom is -0.492 e. The normalized spacial score (nSPS) is 12.4. The van der Waals surface area contributed by atoms with Crippen molar-refractivity contribution in [1.29, 1.82) is 0 Å². The minimum atomic E-state index is -4.45. The van der Waals surface area contributed by atoms with Crippen LogP contribution < -0.4 is 5.56 Å². The standard InChI is InChI=1S/C27H26FN3O5S/c1-3-7-24-30-26(32)25(27(33)31(24)22(17-36-2)19-8-5-4-6-9-19)37(34,35)21-13-10-18(11-14-21)20-12-15-23(28)29-16-20/h4-6,8-16,22,32H,3,7,17H2,1-2H3/t22-/m0/s1. The number of hydrogen-bond donors (Lipinski definition) is 1. The van der Waals surface area contributed by atoms with Crippen LogP contribution in [0.4, 0.5) is 4.39 Å². The van der Waals surface area contributed by atoms with Crippen LogP contribution in [0.15, 0.2) is 87.5 Å². The van der Waals surface area contributed by atoms with Gasteiger partial charge in [0.1, 0.15) is 5.82 Å². The Balaban J connectivity index is 1.86. The van der Waals surface area contributed by atoms with Gasteiger partial charge in [0.15, 0.2) is 4.90 Å². The summed E-state index contributed by atoms with van der Waals surface area (Å²) in [6.45, 7) is 1.98. The van der Waals surface area contributed by atoms with E-state index in [9.17, 15) is 22.7 Å². The van der Waals surface area contributed by atoms with Crippen LogP contribution in [-0.4, -0.2) is 41.8 Å². The number of halogens is 1. The second-order valence-electron chi connectivity index (χ2n) is 8.39. The molecule has 0 amide bonds. The predicted molar refractivity (Wildman–Crippen MR) is 136 cm³/mol. The maximum atomic E-state index is 13.8. The smallest absolute Gasteiger partial charge is 0.277 e. The molecule has 2 aromatic heterocycles. The lowest BCUT2D eigenvalue weighted by Crippen LogP contribution is -2.35. The number of nitrogens with zero attached hydrogens (tertiary/aromatic N) is 3. The van der Waals surface area contributed by atoms with Gasteiger partial charge < -0.3 is 9.84 Å². The molecule has 192 valence electrons. The lowest BCUT2D eigenvalue weighted by molar-refractivity contribution is 0.165. The topological polar surface area (TPSA) is 111 Å². The number of methoxy groups -OCH3 is 1. The Hall–Kier alpha value is -3.89. The minimum absolute atomic E-state index is 0.0903. The average molecular weight is 524 g/mol. The summed E-state index contributed by atoms with van der Waals surface area (Å²) in [5.74, 6) is -1.22. The van der Waals surface area contributed by atoms with Crippen molar-refractivity contribution in [3.63, 3.8) is 0 Å². The van der Waals surface area contributed by atoms with Gasteiger partial charge in [-0.3, -0.25) is 9.36 Å². The first kappa shape index (κ1) is 26.2. The van der Waals surface area contributed by atoms with E-state index in [-0.39, 0.29) is 17.3 Å². The number of rotatable bonds is 9. The van der Waals surface area contributed by atoms with Crippen molar-refractivity contribution in [3.05, 3.63) is 101 Å². The fraction of sp³-hybridized carbons (Fsp3) is 0.222. The van der Waals surface area contributed by atoms with Gasteiger partial charge in [-0.25, -0.2) is 13.4 Å². The highest BCUT2D eigenvalue weighted by Crippen LogP contribution is 2.29. The Labute approximate surface area is 214 Å². The van der Waals surface area contributed by atoms with Crippen LogP contribution in [0.2, 0.25) is 0 Å². The van der Waals surface area contributed by atoms with Crippen molar-refractivity contribution in [2.45, 2.75) is 35.6 Å². The number of aromatic hydroxyl groups is 1. The molecule has 0 unspecified atom stereocenters. The maximum Gasteiger partial charge on any atom is 0.277 e. The highest BCUT2D eigenvalue weighted by Gasteiger charge is 2.31. The van der Waals surface area contributed by atoms with Crippen LogP contribution in [0, 0.1) is 5.95 Å². The molecule has 2 aromatic carbocycles. The van der Waals surface area contributed by atoms with Crippen molar-refractivity contribution in [3.8, 4) is 17.0 Å². The molecule has 0 bridgehead atoms. The first-order valence-electron chi connectivity index (χ1n) is 11.6. The highest BCUT2D eigenvalue weighted by molar-refractivity contribution is 7.91. The zero-order valence-corrected chi connectivity index (χ0v) is 21.2. The summed E-state index contributed by atoms with van der Waals surface area (Å²) < 4.78 is 47.0. The second kappa shape index (κ2) is 11.0. The van der Waals surface area contributed by atoms with Gasteiger partial charge in [0.2, 0.25) is 21.7 Å². The lowest BCUT2D eigenvalue weighted by atomic mass is 10.1. The van der Waals surface area contributed by atoms with Crippen molar-refractivity contribution < 1.29 is 22.7 Å². The van der Waals surface area contributed by atoms with Gasteiger partial charge in [0, 0.05) is 25.3 Å². The molecule has 1 atom stereocenters. The molecule has 0 saturated heterocycles. The van der Waals surface area contributed by atoms with E-state index < -0.39 is 38.2 Å². The number of aryl methyl sites for hydroxylation is 1. The van der Waals surface area contributed by atoms with Crippen LogP contribution >= 0.6 is 0 Å². The zero-order chi connectivity index (χ0) is 26.6. The summed E-state index contributed by atoms with van der Waals surface area (Å²) in [7, 11) is -2.96. The molecule has 0 spiro atoms. The van der Waals surface area contributed by atoms with E-state index in [0.29, 0.717) is 24.0 Å². The lowest BCUT2D eigenvalue weighted by Gasteiger charge is -2.23. The van der Waals surface area contributed by atoms with E-state index >= 15 is 0 Å². The molecule has 4 aromatic rings. The van der Waals surface area contributed by atoms with Gasteiger partial charge in [0.25, 0.3) is 5.56 Å². The quantitative estimate of drug-likeness (QED) is 0.328. The van der Waals surface area contributed by atoms with E-state index in [1.54, 1.807) is 0 Å². The molecule has 0 aliphatic carbocycles. The van der Waals surface area contributed by atoms with Gasteiger partial charge in [0.05, 0.1) is 17.5 Å². The highest BCUT2D eigenvalue weighted by atomic mass is 32.2. The van der Waals surface area contributed by atoms with Crippen molar-refractivity contribution in [2.24, 2.45) is 0 Å². The largest absolute Gasteiger partial charge is 0.492 e. The van der Waals surface area contributed by atoms with E-state index in [0.717, 1.165) is 5.56 Å². The number of pyridine rings is 1. The molecular formula is C27H26FN3O5S. The summed E-state index contributed by atoms with van der Waals surface area (Å²) in [6.07, 6.45) is 2.29. The molecule has 2 heterocycles. The first-order chi connectivity index (χ1) is 17.8. The number of ether oxygens (including phenoxy) is 1. The number of sulfone groups is 1.